The molecule has 1 aliphatic carbocycles. The van der Waals surface area contributed by atoms with Crippen molar-refractivity contribution in [2.45, 2.75) is 32.1 Å². The van der Waals surface area contributed by atoms with Crippen LogP contribution in [0.5, 0.6) is 0 Å². The fourth-order valence-electron chi connectivity index (χ4n) is 2.63. The van der Waals surface area contributed by atoms with Crippen molar-refractivity contribution in [3.63, 3.8) is 0 Å². The summed E-state index contributed by atoms with van der Waals surface area (Å²) in [5.41, 5.74) is 0.197. The lowest BCUT2D eigenvalue weighted by Gasteiger charge is -2.23. The van der Waals surface area contributed by atoms with E-state index < -0.39 is 11.4 Å². The predicted octanol–water partition coefficient (Wildman–Crippen LogP) is 1.99. The molecule has 102 valence electrons. The quantitative estimate of drug-likeness (QED) is 0.851. The number of carbonyl (C=O) groups excluding carboxylic acids is 1. The molecule has 0 radical (unpaired) electrons. The zero-order valence-corrected chi connectivity index (χ0v) is 10.9. The Kier molecular flexibility index (Phi) is 4.20. The Bertz CT molecular complexity index is 450. The van der Waals surface area contributed by atoms with Crippen LogP contribution in [0.3, 0.4) is 0 Å². The molecule has 1 aromatic carbocycles. The molecular formula is C15H19NO3. The molecule has 0 saturated heterocycles. The maximum absolute atomic E-state index is 11.8. The smallest absolute Gasteiger partial charge is 0.311 e. The van der Waals surface area contributed by atoms with Gasteiger partial charge in [-0.05, 0) is 18.4 Å². The van der Waals surface area contributed by atoms with Crippen molar-refractivity contribution < 1.29 is 14.7 Å². The molecule has 1 fully saturated rings. The molecule has 4 nitrogen and oxygen atoms in total. The average molecular weight is 261 g/mol. The van der Waals surface area contributed by atoms with E-state index in [4.69, 9.17) is 0 Å². The normalized spacial score (nSPS) is 17.1. The van der Waals surface area contributed by atoms with Gasteiger partial charge in [0.05, 0.1) is 11.8 Å². The SMILES string of the molecule is O=C(Cc1ccccc1)NCC1(C(=O)O)CCCC1. The molecule has 0 spiro atoms. The number of rotatable bonds is 5. The van der Waals surface area contributed by atoms with E-state index >= 15 is 0 Å². The minimum Gasteiger partial charge on any atom is -0.481 e. The van der Waals surface area contributed by atoms with E-state index in [9.17, 15) is 14.7 Å². The molecule has 0 aromatic heterocycles. The monoisotopic (exact) mass is 261 g/mol. The summed E-state index contributed by atoms with van der Waals surface area (Å²) in [5, 5.41) is 12.1. The van der Waals surface area contributed by atoms with E-state index in [0.29, 0.717) is 19.3 Å². The molecule has 0 bridgehead atoms. The van der Waals surface area contributed by atoms with Crippen molar-refractivity contribution in [2.75, 3.05) is 6.54 Å². The number of aliphatic carboxylic acids is 1. The summed E-state index contributed by atoms with van der Waals surface area (Å²) in [6.07, 6.45) is 3.49. The highest BCUT2D eigenvalue weighted by Gasteiger charge is 2.41. The summed E-state index contributed by atoms with van der Waals surface area (Å²) in [5.74, 6) is -0.899. The minimum absolute atomic E-state index is 0.112. The van der Waals surface area contributed by atoms with Gasteiger partial charge in [-0.1, -0.05) is 43.2 Å². The van der Waals surface area contributed by atoms with Crippen molar-refractivity contribution in [2.24, 2.45) is 5.41 Å². The molecule has 2 rings (SSSR count). The third kappa shape index (κ3) is 3.34. The molecular weight excluding hydrogens is 242 g/mol. The minimum atomic E-state index is -0.787. The van der Waals surface area contributed by atoms with Gasteiger partial charge in [0, 0.05) is 6.54 Å². The summed E-state index contributed by atoms with van der Waals surface area (Å²) in [7, 11) is 0. The molecule has 1 amide bonds. The summed E-state index contributed by atoms with van der Waals surface area (Å²) in [6.45, 7) is 0.244. The van der Waals surface area contributed by atoms with Crippen LogP contribution in [0.1, 0.15) is 31.2 Å². The van der Waals surface area contributed by atoms with E-state index in [1.165, 1.54) is 0 Å². The molecule has 19 heavy (non-hydrogen) atoms. The Labute approximate surface area is 112 Å². The van der Waals surface area contributed by atoms with Gasteiger partial charge in [0.1, 0.15) is 0 Å². The van der Waals surface area contributed by atoms with Gasteiger partial charge in [0.25, 0.3) is 0 Å². The molecule has 0 unspecified atom stereocenters. The van der Waals surface area contributed by atoms with Crippen molar-refractivity contribution >= 4 is 11.9 Å². The highest BCUT2D eigenvalue weighted by Crippen LogP contribution is 2.37. The van der Waals surface area contributed by atoms with Crippen LogP contribution < -0.4 is 5.32 Å². The molecule has 0 heterocycles. The van der Waals surface area contributed by atoms with Gasteiger partial charge in [-0.3, -0.25) is 9.59 Å². The Morgan fingerprint density at radius 3 is 2.37 bits per heavy atom. The van der Waals surface area contributed by atoms with Crippen molar-refractivity contribution in [3.8, 4) is 0 Å². The molecule has 1 aliphatic rings. The lowest BCUT2D eigenvalue weighted by molar-refractivity contribution is -0.148. The maximum Gasteiger partial charge on any atom is 0.311 e. The number of amides is 1. The van der Waals surface area contributed by atoms with Crippen LogP contribution in [0.15, 0.2) is 30.3 Å². The van der Waals surface area contributed by atoms with Crippen LogP contribution in [-0.4, -0.2) is 23.5 Å². The van der Waals surface area contributed by atoms with Crippen LogP contribution >= 0.6 is 0 Å². The second-order valence-electron chi connectivity index (χ2n) is 5.23. The predicted molar refractivity (Wildman–Crippen MR) is 71.7 cm³/mol. The number of hydrogen-bond donors (Lipinski definition) is 2. The maximum atomic E-state index is 11.8. The summed E-state index contributed by atoms with van der Waals surface area (Å²) in [4.78, 5) is 23.2. The molecule has 1 saturated carbocycles. The van der Waals surface area contributed by atoms with Crippen LogP contribution in [0.2, 0.25) is 0 Å². The Morgan fingerprint density at radius 1 is 1.16 bits per heavy atom. The number of hydrogen-bond acceptors (Lipinski definition) is 2. The summed E-state index contributed by atoms with van der Waals surface area (Å²) >= 11 is 0. The van der Waals surface area contributed by atoms with Crippen LogP contribution in [0.4, 0.5) is 0 Å². The highest BCUT2D eigenvalue weighted by atomic mass is 16.4. The highest BCUT2D eigenvalue weighted by molar-refractivity contribution is 5.80. The fourth-order valence-corrected chi connectivity index (χ4v) is 2.63. The Morgan fingerprint density at radius 2 is 1.79 bits per heavy atom. The second kappa shape index (κ2) is 5.87. The molecule has 0 atom stereocenters. The van der Waals surface area contributed by atoms with Gasteiger partial charge in [-0.15, -0.1) is 0 Å². The van der Waals surface area contributed by atoms with Gasteiger partial charge in [0.15, 0.2) is 0 Å². The van der Waals surface area contributed by atoms with Gasteiger partial charge in [-0.2, -0.15) is 0 Å². The number of benzene rings is 1. The second-order valence-corrected chi connectivity index (χ2v) is 5.23. The molecule has 2 N–H and O–H groups in total. The van der Waals surface area contributed by atoms with E-state index in [0.717, 1.165) is 18.4 Å². The van der Waals surface area contributed by atoms with Crippen molar-refractivity contribution in [3.05, 3.63) is 35.9 Å². The number of carbonyl (C=O) groups is 2. The van der Waals surface area contributed by atoms with E-state index in [1.807, 2.05) is 30.3 Å². The third-order valence-electron chi connectivity index (χ3n) is 3.85. The first-order valence-electron chi connectivity index (χ1n) is 6.66. The van der Waals surface area contributed by atoms with Crippen LogP contribution in [0, 0.1) is 5.41 Å². The Hall–Kier alpha value is -1.84. The first kappa shape index (κ1) is 13.6. The largest absolute Gasteiger partial charge is 0.481 e. The van der Waals surface area contributed by atoms with Crippen LogP contribution in [-0.2, 0) is 16.0 Å². The molecule has 4 heteroatoms. The molecule has 0 aliphatic heterocycles. The van der Waals surface area contributed by atoms with Gasteiger partial charge >= 0.3 is 5.97 Å². The first-order chi connectivity index (χ1) is 9.12. The number of nitrogens with one attached hydrogen (secondary N) is 1. The van der Waals surface area contributed by atoms with E-state index in [-0.39, 0.29) is 12.5 Å². The first-order valence-corrected chi connectivity index (χ1v) is 6.66. The topological polar surface area (TPSA) is 66.4 Å². The van der Waals surface area contributed by atoms with E-state index in [1.54, 1.807) is 0 Å². The fraction of sp³-hybridized carbons (Fsp3) is 0.467. The molecule has 1 aromatic rings. The number of carboxylic acid groups (broad SMARTS) is 1. The van der Waals surface area contributed by atoms with Gasteiger partial charge in [-0.25, -0.2) is 0 Å². The lowest BCUT2D eigenvalue weighted by Crippen LogP contribution is -2.41. The standard InChI is InChI=1S/C15H19NO3/c17-13(10-12-6-2-1-3-7-12)16-11-15(14(18)19)8-4-5-9-15/h1-3,6-7H,4-5,8-11H2,(H,16,17)(H,18,19). The van der Waals surface area contributed by atoms with Crippen molar-refractivity contribution in [1.82, 2.24) is 5.32 Å². The lowest BCUT2D eigenvalue weighted by atomic mass is 9.86. The summed E-state index contributed by atoms with van der Waals surface area (Å²) < 4.78 is 0. The zero-order chi connectivity index (χ0) is 13.7. The summed E-state index contributed by atoms with van der Waals surface area (Å²) in [6, 6.07) is 9.46. The van der Waals surface area contributed by atoms with E-state index in [2.05, 4.69) is 5.32 Å². The third-order valence-corrected chi connectivity index (χ3v) is 3.85. The van der Waals surface area contributed by atoms with Gasteiger partial charge < -0.3 is 10.4 Å². The Balaban J connectivity index is 1.88. The van der Waals surface area contributed by atoms with Crippen LogP contribution in [0.25, 0.3) is 0 Å². The zero-order valence-electron chi connectivity index (χ0n) is 10.9. The van der Waals surface area contributed by atoms with Gasteiger partial charge in [0.2, 0.25) is 5.91 Å². The van der Waals surface area contributed by atoms with Crippen molar-refractivity contribution in [1.29, 1.82) is 0 Å². The number of carboxylic acids is 1. The average Bonchev–Trinajstić information content (AvgIpc) is 2.88.